The summed E-state index contributed by atoms with van der Waals surface area (Å²) in [6.07, 6.45) is 15.6. The minimum absolute atomic E-state index is 0.0819. The molecule has 7 nitrogen and oxygen atoms in total. The van der Waals surface area contributed by atoms with Crippen molar-refractivity contribution in [2.24, 2.45) is 5.41 Å². The molecule has 49 heavy (non-hydrogen) atoms. The van der Waals surface area contributed by atoms with Crippen molar-refractivity contribution in [2.75, 3.05) is 20.2 Å². The van der Waals surface area contributed by atoms with Crippen molar-refractivity contribution >= 4 is 28.6 Å². The van der Waals surface area contributed by atoms with Crippen LogP contribution in [0.4, 0.5) is 0 Å². The van der Waals surface area contributed by atoms with E-state index >= 15 is 0 Å². The minimum atomic E-state index is -0.223. The summed E-state index contributed by atoms with van der Waals surface area (Å²) in [6, 6.07) is 13.0. The molecule has 0 saturated heterocycles. The number of rotatable bonds is 12. The van der Waals surface area contributed by atoms with Gasteiger partial charge in [-0.15, -0.1) is 0 Å². The zero-order valence-electron chi connectivity index (χ0n) is 30.3. The molecular formula is C42H51N3O4. The molecule has 1 aromatic heterocycles. The maximum absolute atomic E-state index is 13.6. The summed E-state index contributed by atoms with van der Waals surface area (Å²) in [5.74, 6) is 0.0608. The lowest BCUT2D eigenvalue weighted by atomic mass is 9.72. The molecule has 2 amide bonds. The first-order valence-corrected chi connectivity index (χ1v) is 17.1. The summed E-state index contributed by atoms with van der Waals surface area (Å²) in [4.78, 5) is 39.1. The van der Waals surface area contributed by atoms with Crippen molar-refractivity contribution in [3.8, 4) is 5.75 Å². The number of hydrogen-bond acceptors (Lipinski definition) is 4. The van der Waals surface area contributed by atoms with E-state index in [9.17, 15) is 14.4 Å². The molecule has 0 bridgehead atoms. The predicted octanol–water partition coefficient (Wildman–Crippen LogP) is 8.26. The number of carbonyl (C=O) groups is 3. The topological polar surface area (TPSA) is 89.4 Å². The Hall–Kier alpha value is -4.91. The van der Waals surface area contributed by atoms with E-state index in [0.29, 0.717) is 22.5 Å². The third-order valence-corrected chi connectivity index (χ3v) is 9.26. The summed E-state index contributed by atoms with van der Waals surface area (Å²) in [5.41, 5.74) is 8.90. The van der Waals surface area contributed by atoms with Crippen LogP contribution in [0.25, 0.3) is 10.9 Å². The van der Waals surface area contributed by atoms with Crippen molar-refractivity contribution in [1.82, 2.24) is 15.2 Å². The molecule has 1 aliphatic carbocycles. The Bertz CT molecular complexity index is 1860. The Morgan fingerprint density at radius 3 is 2.35 bits per heavy atom. The largest absolute Gasteiger partial charge is 0.497 e. The zero-order valence-corrected chi connectivity index (χ0v) is 30.3. The van der Waals surface area contributed by atoms with Crippen molar-refractivity contribution in [2.45, 2.75) is 74.1 Å². The maximum atomic E-state index is 13.6. The van der Waals surface area contributed by atoms with Gasteiger partial charge < -0.3 is 15.4 Å². The number of carbonyl (C=O) groups excluding carboxylic acids is 3. The number of hydrogen-bond donors (Lipinski definition) is 2. The summed E-state index contributed by atoms with van der Waals surface area (Å²) in [6.45, 7) is 15.2. The third-order valence-electron chi connectivity index (χ3n) is 9.26. The highest BCUT2D eigenvalue weighted by atomic mass is 16.5. The molecule has 4 rings (SSSR count). The normalized spacial score (nSPS) is 15.3. The van der Waals surface area contributed by atoms with E-state index in [0.717, 1.165) is 27.7 Å². The van der Waals surface area contributed by atoms with Gasteiger partial charge in [-0.05, 0) is 106 Å². The van der Waals surface area contributed by atoms with Crippen molar-refractivity contribution < 1.29 is 19.1 Å². The van der Waals surface area contributed by atoms with Gasteiger partial charge in [-0.25, -0.2) is 0 Å². The standard InChI is InChI=1S/C42H51N3O4/c1-28(16-20-37-31(4)13-10-22-42(37,6)7)11-9-12-30(3)25-39(46)43-23-24-44-40(47)27-35-32(5)45(38-21-19-34(49-8)26-36(35)38)41(48)33-17-14-29(2)15-18-33/h9,11-12,14-21,25-26H,10,13,22-24,27H2,1-8H3,(H,43,46)(H,44,47)/b12-9+,20-16+,28-11-,30-25+. The van der Waals surface area contributed by atoms with Gasteiger partial charge in [0.05, 0.1) is 19.0 Å². The Balaban J connectivity index is 1.31. The van der Waals surface area contributed by atoms with Crippen LogP contribution < -0.4 is 15.4 Å². The second-order valence-electron chi connectivity index (χ2n) is 13.7. The first-order valence-electron chi connectivity index (χ1n) is 17.1. The van der Waals surface area contributed by atoms with Gasteiger partial charge in [0.25, 0.3) is 5.91 Å². The number of amides is 2. The molecule has 0 saturated carbocycles. The Morgan fingerprint density at radius 1 is 0.939 bits per heavy atom. The molecule has 0 radical (unpaired) electrons. The number of allylic oxidation sites excluding steroid dienone is 9. The molecule has 7 heteroatoms. The van der Waals surface area contributed by atoms with Gasteiger partial charge in [0.2, 0.25) is 11.8 Å². The molecular weight excluding hydrogens is 610 g/mol. The molecule has 0 atom stereocenters. The van der Waals surface area contributed by atoms with E-state index in [1.807, 2.05) is 81.5 Å². The summed E-state index contributed by atoms with van der Waals surface area (Å²) in [7, 11) is 1.59. The molecule has 2 aromatic carbocycles. The van der Waals surface area contributed by atoms with Gasteiger partial charge in [0.1, 0.15) is 5.75 Å². The average molecular weight is 662 g/mol. The van der Waals surface area contributed by atoms with E-state index in [2.05, 4.69) is 50.5 Å². The van der Waals surface area contributed by atoms with E-state index in [1.165, 1.54) is 30.4 Å². The maximum Gasteiger partial charge on any atom is 0.262 e. The van der Waals surface area contributed by atoms with Crippen LogP contribution in [-0.4, -0.2) is 42.5 Å². The van der Waals surface area contributed by atoms with Crippen LogP contribution in [-0.2, 0) is 16.0 Å². The smallest absolute Gasteiger partial charge is 0.262 e. The summed E-state index contributed by atoms with van der Waals surface area (Å²) < 4.78 is 7.10. The van der Waals surface area contributed by atoms with Crippen molar-refractivity contribution in [1.29, 1.82) is 0 Å². The molecule has 0 fully saturated rings. The first-order chi connectivity index (χ1) is 23.3. The number of benzene rings is 2. The second-order valence-corrected chi connectivity index (χ2v) is 13.7. The predicted molar refractivity (Wildman–Crippen MR) is 200 cm³/mol. The number of nitrogens with one attached hydrogen (secondary N) is 2. The van der Waals surface area contributed by atoms with Crippen LogP contribution in [0.15, 0.2) is 101 Å². The molecule has 0 unspecified atom stereocenters. The fourth-order valence-corrected chi connectivity index (χ4v) is 6.45. The minimum Gasteiger partial charge on any atom is -0.497 e. The van der Waals surface area contributed by atoms with Gasteiger partial charge in [0.15, 0.2) is 0 Å². The Kier molecular flexibility index (Phi) is 12.4. The number of methoxy groups -OCH3 is 1. The SMILES string of the molecule is COc1ccc2c(c1)c(CC(=O)NCCNC(=O)/C=C(C)/C=C/C=C(C)\C=C\C1=C(C)CCCC1(C)C)c(C)n2C(=O)c1ccc(C)cc1. The average Bonchev–Trinajstić information content (AvgIpc) is 3.32. The summed E-state index contributed by atoms with van der Waals surface area (Å²) >= 11 is 0. The lowest BCUT2D eigenvalue weighted by Gasteiger charge is -2.32. The van der Waals surface area contributed by atoms with Gasteiger partial charge in [-0.1, -0.05) is 73.1 Å². The fourth-order valence-electron chi connectivity index (χ4n) is 6.45. The quantitative estimate of drug-likeness (QED) is 0.116. The summed E-state index contributed by atoms with van der Waals surface area (Å²) in [5, 5.41) is 6.52. The number of aromatic nitrogens is 1. The van der Waals surface area contributed by atoms with Crippen LogP contribution in [0, 0.1) is 19.3 Å². The zero-order chi connectivity index (χ0) is 35.7. The van der Waals surface area contributed by atoms with Crippen molar-refractivity contribution in [3.63, 3.8) is 0 Å². The van der Waals surface area contributed by atoms with Gasteiger partial charge in [-0.2, -0.15) is 0 Å². The van der Waals surface area contributed by atoms with E-state index in [1.54, 1.807) is 17.8 Å². The molecule has 1 heterocycles. The van der Waals surface area contributed by atoms with Crippen LogP contribution in [0.2, 0.25) is 0 Å². The van der Waals surface area contributed by atoms with Crippen molar-refractivity contribution in [3.05, 3.63) is 124 Å². The van der Waals surface area contributed by atoms with Crippen LogP contribution in [0.5, 0.6) is 5.75 Å². The Labute approximate surface area is 291 Å². The van der Waals surface area contributed by atoms with E-state index in [4.69, 9.17) is 4.74 Å². The number of aryl methyl sites for hydroxylation is 1. The highest BCUT2D eigenvalue weighted by Crippen LogP contribution is 2.40. The monoisotopic (exact) mass is 661 g/mol. The molecule has 0 aliphatic heterocycles. The van der Waals surface area contributed by atoms with Crippen LogP contribution in [0.1, 0.15) is 81.1 Å². The molecule has 0 spiro atoms. The van der Waals surface area contributed by atoms with E-state index in [-0.39, 0.29) is 42.6 Å². The first kappa shape index (κ1) is 36.9. The number of nitrogens with zero attached hydrogens (tertiary/aromatic N) is 1. The lowest BCUT2D eigenvalue weighted by molar-refractivity contribution is -0.121. The molecule has 258 valence electrons. The van der Waals surface area contributed by atoms with Crippen LogP contribution >= 0.6 is 0 Å². The van der Waals surface area contributed by atoms with Gasteiger partial charge in [-0.3, -0.25) is 19.0 Å². The second kappa shape index (κ2) is 16.5. The van der Waals surface area contributed by atoms with Crippen LogP contribution in [0.3, 0.4) is 0 Å². The van der Waals surface area contributed by atoms with E-state index < -0.39 is 0 Å². The third kappa shape index (κ3) is 9.59. The number of ether oxygens (including phenoxy) is 1. The molecule has 2 N–H and O–H groups in total. The molecule has 1 aliphatic rings. The lowest BCUT2D eigenvalue weighted by Crippen LogP contribution is -2.34. The molecule has 3 aromatic rings. The van der Waals surface area contributed by atoms with Gasteiger partial charge in [0, 0.05) is 35.8 Å². The highest BCUT2D eigenvalue weighted by molar-refractivity contribution is 6.05. The van der Waals surface area contributed by atoms with Gasteiger partial charge >= 0.3 is 0 Å². The number of fused-ring (bicyclic) bond motifs is 1. The highest BCUT2D eigenvalue weighted by Gasteiger charge is 2.26. The fraction of sp³-hybridized carbons (Fsp3) is 0.357. The Morgan fingerprint density at radius 2 is 1.65 bits per heavy atom.